The molecular weight excluding hydrogens is 646 g/mol. The first kappa shape index (κ1) is 40.5. The lowest BCUT2D eigenvalue weighted by Crippen LogP contribution is -2.58. The van der Waals surface area contributed by atoms with Crippen molar-refractivity contribution in [1.29, 1.82) is 5.41 Å². The maximum Gasteiger partial charge on any atom is 0.324 e. The summed E-state index contributed by atoms with van der Waals surface area (Å²) < 4.78 is 0. The Morgan fingerprint density at radius 3 is 2.10 bits per heavy atom. The molecule has 3 rings (SSSR count). The van der Waals surface area contributed by atoms with Gasteiger partial charge in [-0.3, -0.25) is 29.7 Å². The first-order valence-electron chi connectivity index (χ1n) is 16.6. The molecule has 14 heteroatoms. The van der Waals surface area contributed by atoms with E-state index in [-0.39, 0.29) is 49.1 Å². The number of hydrogen-bond acceptors (Lipinski definition) is 6. The van der Waals surface area contributed by atoms with E-state index in [0.29, 0.717) is 43.4 Å². The van der Waals surface area contributed by atoms with E-state index < -0.39 is 35.7 Å². The number of nitrogens with two attached hydrogens (primary N) is 3. The molecule has 0 aromatic heterocycles. The van der Waals surface area contributed by atoms with E-state index in [4.69, 9.17) is 22.6 Å². The molecule has 5 amide bonds. The third-order valence-corrected chi connectivity index (χ3v) is 8.68. The number of guanidine groups is 1. The number of imide groups is 1. The molecule has 1 aliphatic carbocycles. The highest BCUT2D eigenvalue weighted by Gasteiger charge is 2.39. The summed E-state index contributed by atoms with van der Waals surface area (Å²) in [6.07, 6.45) is 5.27. The van der Waals surface area contributed by atoms with Crippen LogP contribution in [0.5, 0.6) is 0 Å². The van der Waals surface area contributed by atoms with Crippen LogP contribution in [0, 0.1) is 17.2 Å². The molecule has 49 heavy (non-hydrogen) atoms. The van der Waals surface area contributed by atoms with Gasteiger partial charge < -0.3 is 32.7 Å². The van der Waals surface area contributed by atoms with Crippen molar-refractivity contribution in [1.82, 2.24) is 20.4 Å². The first-order chi connectivity index (χ1) is 22.9. The van der Waals surface area contributed by atoms with E-state index in [1.165, 1.54) is 9.80 Å². The van der Waals surface area contributed by atoms with Gasteiger partial charge in [-0.05, 0) is 56.1 Å². The molecule has 3 atom stereocenters. The van der Waals surface area contributed by atoms with Gasteiger partial charge in [-0.1, -0.05) is 73.9 Å². The summed E-state index contributed by atoms with van der Waals surface area (Å²) in [7, 11) is 3.15. The Hall–Kier alpha value is -4.65. The van der Waals surface area contributed by atoms with Crippen molar-refractivity contribution in [3.05, 3.63) is 71.3 Å². The highest BCUT2D eigenvalue weighted by atomic mass is 35.5. The molecule has 2 aromatic carbocycles. The summed E-state index contributed by atoms with van der Waals surface area (Å²) in [5, 5.41) is 13.5. The number of nitrogen functional groups attached to an aromatic ring is 1. The zero-order chi connectivity index (χ0) is 35.2. The summed E-state index contributed by atoms with van der Waals surface area (Å²) in [6.45, 7) is 2.28. The number of carbonyl (C=O) groups is 4. The van der Waals surface area contributed by atoms with Gasteiger partial charge in [0, 0.05) is 32.7 Å². The number of halogens is 1. The van der Waals surface area contributed by atoms with Crippen LogP contribution in [0.2, 0.25) is 0 Å². The second kappa shape index (κ2) is 20.0. The average Bonchev–Trinajstić information content (AvgIpc) is 3.07. The van der Waals surface area contributed by atoms with Crippen molar-refractivity contribution < 1.29 is 19.2 Å². The second-order valence-electron chi connectivity index (χ2n) is 12.6. The minimum Gasteiger partial charge on any atom is -0.384 e. The van der Waals surface area contributed by atoms with Crippen molar-refractivity contribution in [2.24, 2.45) is 34.0 Å². The smallest absolute Gasteiger partial charge is 0.324 e. The summed E-state index contributed by atoms with van der Waals surface area (Å²) in [5.41, 5.74) is 18.6. The Bertz CT molecular complexity index is 1430. The number of urea groups is 1. The fraction of sp³-hybridized carbons (Fsp3) is 0.486. The second-order valence-corrected chi connectivity index (χ2v) is 12.6. The minimum atomic E-state index is -1.12. The Morgan fingerprint density at radius 1 is 0.898 bits per heavy atom. The monoisotopic (exact) mass is 697 g/mol. The maximum atomic E-state index is 14.5. The molecule has 0 heterocycles. The zero-order valence-corrected chi connectivity index (χ0v) is 29.5. The van der Waals surface area contributed by atoms with Crippen LogP contribution in [0.3, 0.4) is 0 Å². The quantitative estimate of drug-likeness (QED) is 0.0708. The fourth-order valence-electron chi connectivity index (χ4n) is 5.92. The molecular formula is C35H52ClN9O4. The number of carbonyl (C=O) groups excluding carboxylic acids is 4. The molecule has 1 aliphatic rings. The van der Waals surface area contributed by atoms with Gasteiger partial charge in [-0.2, -0.15) is 0 Å². The van der Waals surface area contributed by atoms with Gasteiger partial charge in [0.2, 0.25) is 11.8 Å². The van der Waals surface area contributed by atoms with Gasteiger partial charge in [0.15, 0.2) is 5.96 Å². The number of hydrogen-bond donors (Lipinski definition) is 6. The van der Waals surface area contributed by atoms with Gasteiger partial charge in [0.05, 0.1) is 6.04 Å². The van der Waals surface area contributed by atoms with E-state index in [0.717, 1.165) is 24.8 Å². The summed E-state index contributed by atoms with van der Waals surface area (Å²) >= 11 is 0. The summed E-state index contributed by atoms with van der Waals surface area (Å²) in [5.74, 6) is -2.96. The highest BCUT2D eigenvalue weighted by Crippen LogP contribution is 2.28. The first-order valence-corrected chi connectivity index (χ1v) is 16.6. The molecule has 0 spiro atoms. The maximum absolute atomic E-state index is 14.5. The fourth-order valence-corrected chi connectivity index (χ4v) is 5.92. The molecule has 0 radical (unpaired) electrons. The van der Waals surface area contributed by atoms with Crippen LogP contribution < -0.4 is 27.8 Å². The molecule has 13 nitrogen and oxygen atoms in total. The molecule has 0 aliphatic heterocycles. The van der Waals surface area contributed by atoms with Gasteiger partial charge in [-0.25, -0.2) is 4.79 Å². The highest BCUT2D eigenvalue weighted by molar-refractivity contribution is 6.04. The Kier molecular flexibility index (Phi) is 16.5. The van der Waals surface area contributed by atoms with Crippen LogP contribution in [0.25, 0.3) is 0 Å². The number of amides is 5. The Morgan fingerprint density at radius 2 is 1.53 bits per heavy atom. The summed E-state index contributed by atoms with van der Waals surface area (Å²) in [4.78, 5) is 62.2. The zero-order valence-electron chi connectivity index (χ0n) is 28.7. The van der Waals surface area contributed by atoms with Crippen molar-refractivity contribution in [3.8, 4) is 0 Å². The average molecular weight is 698 g/mol. The number of amidine groups is 1. The standard InChI is InChI=1S/C35H51N9O4.ClH/c1-23(25-12-6-4-7-13-25)41-35(48)44(21-11-10-20-40-34(38)39)33(47)29(26-14-8-5-9-15-26)42-31(45)28(32(46)43(2)3)22-24-16-18-27(19-17-24)30(36)37;/h4,6-7,12-13,16-19,23,26,28-29H,5,8-11,14-15,20-22H2,1-3H3,(H3,36,37)(H,41,48)(H,42,45)(H4,38,39,40);1H/t23-,28?,29-;/m0./s1. The largest absolute Gasteiger partial charge is 0.384 e. The van der Waals surface area contributed by atoms with Crippen LogP contribution in [-0.2, 0) is 20.8 Å². The number of aliphatic imine (C=N–C) groups is 1. The number of nitrogens with one attached hydrogen (secondary N) is 3. The lowest BCUT2D eigenvalue weighted by Gasteiger charge is -2.34. The van der Waals surface area contributed by atoms with Crippen LogP contribution in [0.1, 0.15) is 74.6 Å². The molecule has 1 unspecified atom stereocenters. The predicted octanol–water partition coefficient (Wildman–Crippen LogP) is 3.06. The molecule has 1 saturated carbocycles. The van der Waals surface area contributed by atoms with E-state index in [1.54, 1.807) is 38.4 Å². The third kappa shape index (κ3) is 12.4. The molecule has 9 N–H and O–H groups in total. The van der Waals surface area contributed by atoms with Crippen LogP contribution in [-0.4, -0.2) is 78.6 Å². The van der Waals surface area contributed by atoms with E-state index in [2.05, 4.69) is 15.6 Å². The number of benzene rings is 2. The normalized spacial score (nSPS) is 14.6. The van der Waals surface area contributed by atoms with Crippen molar-refractivity contribution >= 4 is 48.0 Å². The summed E-state index contributed by atoms with van der Waals surface area (Å²) in [6, 6.07) is 14.3. The van der Waals surface area contributed by atoms with Gasteiger partial charge in [0.1, 0.15) is 17.8 Å². The van der Waals surface area contributed by atoms with E-state index >= 15 is 0 Å². The van der Waals surface area contributed by atoms with Crippen LogP contribution in [0.15, 0.2) is 59.6 Å². The molecule has 0 bridgehead atoms. The van der Waals surface area contributed by atoms with Crippen molar-refractivity contribution in [3.63, 3.8) is 0 Å². The lowest BCUT2D eigenvalue weighted by atomic mass is 9.82. The van der Waals surface area contributed by atoms with Gasteiger partial charge in [-0.15, -0.1) is 12.4 Å². The topological polar surface area (TPSA) is 213 Å². The minimum absolute atomic E-state index is 0. The predicted molar refractivity (Wildman–Crippen MR) is 194 cm³/mol. The van der Waals surface area contributed by atoms with Gasteiger partial charge in [0.25, 0.3) is 5.91 Å². The number of unbranched alkanes of at least 4 members (excludes halogenated alkanes) is 1. The molecule has 268 valence electrons. The van der Waals surface area contributed by atoms with Crippen molar-refractivity contribution in [2.75, 3.05) is 27.2 Å². The van der Waals surface area contributed by atoms with E-state index in [9.17, 15) is 19.2 Å². The molecule has 2 aromatic rings. The Balaban J connectivity index is 0.00000833. The lowest BCUT2D eigenvalue weighted by molar-refractivity contribution is -0.143. The van der Waals surface area contributed by atoms with Gasteiger partial charge >= 0.3 is 6.03 Å². The third-order valence-electron chi connectivity index (χ3n) is 8.68. The number of nitrogens with zero attached hydrogens (tertiary/aromatic N) is 3. The van der Waals surface area contributed by atoms with Crippen LogP contribution >= 0.6 is 12.4 Å². The van der Waals surface area contributed by atoms with Crippen molar-refractivity contribution in [2.45, 2.75) is 70.4 Å². The Labute approximate surface area is 295 Å². The molecule has 0 saturated heterocycles. The SMILES string of the molecule is C[C@H](NC(=O)N(CCCCN=C(N)N)C(=O)[C@@H](NC(=O)C(Cc1ccc(C(=N)N)cc1)C(=O)N(C)C)C1CCCCC1)c1ccccc1.Cl. The van der Waals surface area contributed by atoms with E-state index in [1.807, 2.05) is 37.3 Å². The number of rotatable bonds is 15. The molecule has 1 fully saturated rings. The van der Waals surface area contributed by atoms with Crippen LogP contribution in [0.4, 0.5) is 4.79 Å².